The van der Waals surface area contributed by atoms with Crippen LogP contribution in [-0.4, -0.2) is 5.78 Å². The molecule has 0 aliphatic carbocycles. The van der Waals surface area contributed by atoms with Crippen molar-refractivity contribution >= 4 is 11.9 Å². The van der Waals surface area contributed by atoms with E-state index in [9.17, 15) is 4.79 Å². The second-order valence-corrected chi connectivity index (χ2v) is 4.62. The van der Waals surface area contributed by atoms with Gasteiger partial charge in [-0.1, -0.05) is 50.3 Å². The summed E-state index contributed by atoms with van der Waals surface area (Å²) in [5.74, 6) is 0.882. The Morgan fingerprint density at radius 3 is 2.47 bits per heavy atom. The smallest absolute Gasteiger partial charge is 0.130 e. The number of hydrogen-bond donors (Lipinski definition) is 0. The van der Waals surface area contributed by atoms with Crippen molar-refractivity contribution < 1.29 is 4.79 Å². The van der Waals surface area contributed by atoms with E-state index >= 15 is 0 Å². The van der Waals surface area contributed by atoms with Crippen molar-refractivity contribution in [2.24, 2.45) is 0 Å². The van der Waals surface area contributed by atoms with Crippen LogP contribution in [0.15, 0.2) is 30.3 Å². The van der Waals surface area contributed by atoms with E-state index in [0.29, 0.717) is 12.3 Å². The standard InChI is InChI=1S/C16H22O/c1-4-13(2)16-11-9-15(10-12-16)8-6-5-7-14(3)17/h6,8-13H,4-5,7H2,1-3H3/b8-6+. The van der Waals surface area contributed by atoms with Gasteiger partial charge in [0.15, 0.2) is 0 Å². The maximum atomic E-state index is 10.8. The third kappa shape index (κ3) is 4.99. The first-order chi connectivity index (χ1) is 8.13. The van der Waals surface area contributed by atoms with E-state index < -0.39 is 0 Å². The number of allylic oxidation sites excluding steroid dienone is 1. The van der Waals surface area contributed by atoms with E-state index in [1.165, 1.54) is 17.5 Å². The zero-order valence-corrected chi connectivity index (χ0v) is 11.1. The molecule has 92 valence electrons. The Morgan fingerprint density at radius 1 is 1.29 bits per heavy atom. The van der Waals surface area contributed by atoms with Crippen molar-refractivity contribution in [2.45, 2.75) is 46.0 Å². The van der Waals surface area contributed by atoms with Gasteiger partial charge in [-0.2, -0.15) is 0 Å². The first-order valence-electron chi connectivity index (χ1n) is 6.39. The lowest BCUT2D eigenvalue weighted by atomic mass is 9.97. The molecule has 0 saturated carbocycles. The molecule has 1 rings (SSSR count). The Hall–Kier alpha value is -1.37. The fourth-order valence-corrected chi connectivity index (χ4v) is 1.68. The maximum Gasteiger partial charge on any atom is 0.130 e. The lowest BCUT2D eigenvalue weighted by Gasteiger charge is -2.08. The second-order valence-electron chi connectivity index (χ2n) is 4.62. The molecule has 0 bridgehead atoms. The number of hydrogen-bond acceptors (Lipinski definition) is 1. The van der Waals surface area contributed by atoms with Crippen LogP contribution in [0.25, 0.3) is 6.08 Å². The van der Waals surface area contributed by atoms with E-state index in [2.05, 4.69) is 50.3 Å². The average Bonchev–Trinajstić information content (AvgIpc) is 2.34. The summed E-state index contributed by atoms with van der Waals surface area (Å²) >= 11 is 0. The Labute approximate surface area is 105 Å². The molecule has 0 amide bonds. The molecule has 1 unspecified atom stereocenters. The number of carbonyl (C=O) groups excluding carboxylic acids is 1. The van der Waals surface area contributed by atoms with E-state index in [1.54, 1.807) is 6.92 Å². The zero-order chi connectivity index (χ0) is 12.7. The van der Waals surface area contributed by atoms with Crippen LogP contribution in [-0.2, 0) is 4.79 Å². The van der Waals surface area contributed by atoms with Crippen molar-refractivity contribution in [3.05, 3.63) is 41.5 Å². The van der Waals surface area contributed by atoms with Crippen LogP contribution in [0.1, 0.15) is 57.1 Å². The zero-order valence-electron chi connectivity index (χ0n) is 11.1. The van der Waals surface area contributed by atoms with Crippen LogP contribution in [0, 0.1) is 0 Å². The molecule has 0 fully saturated rings. The molecule has 0 aliphatic heterocycles. The quantitative estimate of drug-likeness (QED) is 0.699. The summed E-state index contributed by atoms with van der Waals surface area (Å²) in [5, 5.41) is 0. The first-order valence-corrected chi connectivity index (χ1v) is 6.39. The summed E-state index contributed by atoms with van der Waals surface area (Å²) in [7, 11) is 0. The highest BCUT2D eigenvalue weighted by Crippen LogP contribution is 2.19. The van der Waals surface area contributed by atoms with Crippen LogP contribution in [0.5, 0.6) is 0 Å². The van der Waals surface area contributed by atoms with E-state index in [1.807, 2.05) is 0 Å². The molecule has 0 radical (unpaired) electrons. The predicted octanol–water partition coefficient (Wildman–Crippen LogP) is 4.58. The van der Waals surface area contributed by atoms with Gasteiger partial charge in [0.05, 0.1) is 0 Å². The molecule has 1 heteroatoms. The molecule has 1 aromatic carbocycles. The highest BCUT2D eigenvalue weighted by molar-refractivity contribution is 5.75. The highest BCUT2D eigenvalue weighted by atomic mass is 16.1. The molecule has 0 heterocycles. The van der Waals surface area contributed by atoms with E-state index in [-0.39, 0.29) is 5.78 Å². The van der Waals surface area contributed by atoms with Crippen molar-refractivity contribution in [3.8, 4) is 0 Å². The topological polar surface area (TPSA) is 17.1 Å². The normalized spacial score (nSPS) is 12.9. The molecule has 0 aromatic heterocycles. The number of Topliss-reactive ketones (excluding diaryl/α,β-unsaturated/α-hetero) is 1. The molecule has 0 saturated heterocycles. The summed E-state index contributed by atoms with van der Waals surface area (Å²) < 4.78 is 0. The minimum atomic E-state index is 0.252. The Bertz CT molecular complexity index is 373. The number of carbonyl (C=O) groups is 1. The molecule has 0 aliphatic rings. The minimum Gasteiger partial charge on any atom is -0.300 e. The number of ketones is 1. The third-order valence-corrected chi connectivity index (χ3v) is 3.09. The van der Waals surface area contributed by atoms with Gasteiger partial charge in [0.2, 0.25) is 0 Å². The van der Waals surface area contributed by atoms with Crippen LogP contribution in [0.2, 0.25) is 0 Å². The van der Waals surface area contributed by atoms with Gasteiger partial charge in [0, 0.05) is 6.42 Å². The average molecular weight is 230 g/mol. The molecule has 1 aromatic rings. The molecule has 17 heavy (non-hydrogen) atoms. The van der Waals surface area contributed by atoms with Crippen molar-refractivity contribution in [1.29, 1.82) is 0 Å². The second kappa shape index (κ2) is 7.05. The van der Waals surface area contributed by atoms with E-state index in [4.69, 9.17) is 0 Å². The van der Waals surface area contributed by atoms with Crippen LogP contribution < -0.4 is 0 Å². The van der Waals surface area contributed by atoms with Gasteiger partial charge in [-0.05, 0) is 36.8 Å². The van der Waals surface area contributed by atoms with Crippen LogP contribution >= 0.6 is 0 Å². The van der Waals surface area contributed by atoms with Crippen molar-refractivity contribution in [3.63, 3.8) is 0 Å². The number of benzene rings is 1. The van der Waals surface area contributed by atoms with Crippen molar-refractivity contribution in [2.75, 3.05) is 0 Å². The van der Waals surface area contributed by atoms with Gasteiger partial charge in [0.1, 0.15) is 5.78 Å². The predicted molar refractivity (Wildman–Crippen MR) is 74.1 cm³/mol. The monoisotopic (exact) mass is 230 g/mol. The Kier molecular flexibility index (Phi) is 5.68. The maximum absolute atomic E-state index is 10.8. The summed E-state index contributed by atoms with van der Waals surface area (Å²) in [5.41, 5.74) is 2.61. The lowest BCUT2D eigenvalue weighted by molar-refractivity contribution is -0.116. The third-order valence-electron chi connectivity index (χ3n) is 3.09. The summed E-state index contributed by atoms with van der Waals surface area (Å²) in [6, 6.07) is 8.68. The molecular weight excluding hydrogens is 208 g/mol. The minimum absolute atomic E-state index is 0.252. The van der Waals surface area contributed by atoms with Gasteiger partial charge in [-0.15, -0.1) is 0 Å². The summed E-state index contributed by atoms with van der Waals surface area (Å²) in [6.07, 6.45) is 6.81. The molecule has 0 N–H and O–H groups in total. The molecule has 0 spiro atoms. The van der Waals surface area contributed by atoms with Gasteiger partial charge >= 0.3 is 0 Å². The Morgan fingerprint density at radius 2 is 1.94 bits per heavy atom. The van der Waals surface area contributed by atoms with E-state index in [0.717, 1.165) is 6.42 Å². The van der Waals surface area contributed by atoms with Gasteiger partial charge in [0.25, 0.3) is 0 Å². The fraction of sp³-hybridized carbons (Fsp3) is 0.438. The van der Waals surface area contributed by atoms with Gasteiger partial charge < -0.3 is 4.79 Å². The fourth-order valence-electron chi connectivity index (χ4n) is 1.68. The van der Waals surface area contributed by atoms with Crippen LogP contribution in [0.4, 0.5) is 0 Å². The molecular formula is C16H22O. The largest absolute Gasteiger partial charge is 0.300 e. The van der Waals surface area contributed by atoms with Crippen molar-refractivity contribution in [1.82, 2.24) is 0 Å². The lowest BCUT2D eigenvalue weighted by Crippen LogP contribution is -1.90. The molecule has 1 atom stereocenters. The highest BCUT2D eigenvalue weighted by Gasteiger charge is 2.01. The SMILES string of the molecule is CCC(C)c1ccc(/C=C/CCC(C)=O)cc1. The first kappa shape index (κ1) is 13.7. The van der Waals surface area contributed by atoms with Gasteiger partial charge in [-0.3, -0.25) is 0 Å². The number of rotatable bonds is 6. The Balaban J connectivity index is 2.53. The summed E-state index contributed by atoms with van der Waals surface area (Å²) in [4.78, 5) is 10.8. The molecule has 1 nitrogen and oxygen atoms in total. The summed E-state index contributed by atoms with van der Waals surface area (Å²) in [6.45, 7) is 6.09. The van der Waals surface area contributed by atoms with Gasteiger partial charge in [-0.25, -0.2) is 0 Å². The van der Waals surface area contributed by atoms with Crippen LogP contribution in [0.3, 0.4) is 0 Å².